The molecule has 92 valence electrons. The van der Waals surface area contributed by atoms with Crippen LogP contribution in [0.1, 0.15) is 6.42 Å². The molecule has 0 aliphatic carbocycles. The van der Waals surface area contributed by atoms with Gasteiger partial charge in [0.2, 0.25) is 5.91 Å². The van der Waals surface area contributed by atoms with E-state index in [0.717, 1.165) is 0 Å². The number of carbonyl (C=O) groups excluding carboxylic acids is 2. The lowest BCUT2D eigenvalue weighted by atomic mass is 10.2. The summed E-state index contributed by atoms with van der Waals surface area (Å²) in [6.45, 7) is 0. The van der Waals surface area contributed by atoms with Crippen molar-refractivity contribution in [3.8, 4) is 5.75 Å². The maximum Gasteiger partial charge on any atom is 0.231 e. The highest BCUT2D eigenvalue weighted by Gasteiger charge is 2.09. The normalized spacial score (nSPS) is 9.82. The molecule has 0 heterocycles. The van der Waals surface area contributed by atoms with Gasteiger partial charge in [0.15, 0.2) is 5.78 Å². The predicted molar refractivity (Wildman–Crippen MR) is 67.0 cm³/mol. The van der Waals surface area contributed by atoms with Crippen LogP contribution in [0.5, 0.6) is 5.75 Å². The number of ketones is 1. The first kappa shape index (κ1) is 13.8. The van der Waals surface area contributed by atoms with E-state index in [2.05, 4.69) is 5.32 Å². The fourth-order valence-electron chi connectivity index (χ4n) is 1.18. The molecule has 0 aliphatic heterocycles. The Morgan fingerprint density at radius 2 is 2.12 bits per heavy atom. The maximum absolute atomic E-state index is 11.4. The molecule has 0 radical (unpaired) electrons. The zero-order chi connectivity index (χ0) is 12.8. The number of carbonyl (C=O) groups is 2. The summed E-state index contributed by atoms with van der Waals surface area (Å²) in [4.78, 5) is 22.3. The van der Waals surface area contributed by atoms with Crippen molar-refractivity contribution in [1.82, 2.24) is 0 Å². The Balaban J connectivity index is 2.66. The number of alkyl halides is 1. The zero-order valence-electron chi connectivity index (χ0n) is 9.13. The minimum atomic E-state index is -0.420. The molecule has 0 aliphatic rings. The number of nitrogens with one attached hydrogen (secondary N) is 1. The van der Waals surface area contributed by atoms with Gasteiger partial charge in [0.1, 0.15) is 5.75 Å². The highest BCUT2D eigenvalue weighted by Crippen LogP contribution is 2.27. The molecule has 0 spiro atoms. The van der Waals surface area contributed by atoms with Crippen molar-refractivity contribution in [1.29, 1.82) is 0 Å². The summed E-state index contributed by atoms with van der Waals surface area (Å²) >= 11 is 11.2. The van der Waals surface area contributed by atoms with Crippen molar-refractivity contribution in [2.45, 2.75) is 6.42 Å². The molecule has 1 amide bonds. The Labute approximate surface area is 109 Å². The van der Waals surface area contributed by atoms with Crippen LogP contribution in [-0.2, 0) is 9.59 Å². The van der Waals surface area contributed by atoms with Crippen molar-refractivity contribution < 1.29 is 14.3 Å². The van der Waals surface area contributed by atoms with Gasteiger partial charge >= 0.3 is 0 Å². The molecule has 6 heteroatoms. The van der Waals surface area contributed by atoms with Gasteiger partial charge in [-0.3, -0.25) is 9.59 Å². The lowest BCUT2D eigenvalue weighted by molar-refractivity contribution is -0.124. The van der Waals surface area contributed by atoms with Gasteiger partial charge < -0.3 is 10.1 Å². The second kappa shape index (κ2) is 6.47. The van der Waals surface area contributed by atoms with Gasteiger partial charge in [-0.15, -0.1) is 11.6 Å². The van der Waals surface area contributed by atoms with Crippen LogP contribution in [0.25, 0.3) is 0 Å². The Morgan fingerprint density at radius 3 is 2.65 bits per heavy atom. The first-order chi connectivity index (χ1) is 8.06. The molecular formula is C11H11Cl2NO3. The fourth-order valence-corrected chi connectivity index (χ4v) is 1.53. The van der Waals surface area contributed by atoms with Gasteiger partial charge in [0, 0.05) is 5.69 Å². The van der Waals surface area contributed by atoms with Gasteiger partial charge in [-0.25, -0.2) is 0 Å². The fraction of sp³-hybridized carbons (Fsp3) is 0.273. The van der Waals surface area contributed by atoms with E-state index in [9.17, 15) is 9.59 Å². The van der Waals surface area contributed by atoms with Crippen LogP contribution in [0.15, 0.2) is 18.2 Å². The number of Topliss-reactive ketones (excluding diaryl/α,β-unsaturated/α-hetero) is 1. The summed E-state index contributed by atoms with van der Waals surface area (Å²) in [5, 5.41) is 2.92. The molecule has 0 unspecified atom stereocenters. The van der Waals surface area contributed by atoms with Crippen molar-refractivity contribution in [2.75, 3.05) is 18.3 Å². The number of methoxy groups -OCH3 is 1. The summed E-state index contributed by atoms with van der Waals surface area (Å²) < 4.78 is 4.97. The minimum absolute atomic E-state index is 0.170. The minimum Gasteiger partial charge on any atom is -0.495 e. The van der Waals surface area contributed by atoms with Crippen LogP contribution in [0.4, 0.5) is 5.69 Å². The molecule has 1 N–H and O–H groups in total. The number of rotatable bonds is 5. The second-order valence-corrected chi connectivity index (χ2v) is 3.92. The standard InChI is InChI=1S/C11H11Cl2NO3/c1-17-10-3-2-7(4-9(10)13)14-11(16)5-8(15)6-12/h2-4H,5-6H2,1H3,(H,14,16). The number of anilines is 1. The lowest BCUT2D eigenvalue weighted by Gasteiger charge is -2.07. The van der Waals surface area contributed by atoms with E-state index in [1.807, 2.05) is 0 Å². The Kier molecular flexibility index (Phi) is 5.25. The van der Waals surface area contributed by atoms with Crippen LogP contribution >= 0.6 is 23.2 Å². The van der Waals surface area contributed by atoms with Crippen LogP contribution in [0.3, 0.4) is 0 Å². The van der Waals surface area contributed by atoms with Crippen LogP contribution in [0, 0.1) is 0 Å². The molecule has 0 saturated heterocycles. The summed E-state index contributed by atoms with van der Waals surface area (Å²) in [5.41, 5.74) is 0.503. The van der Waals surface area contributed by atoms with E-state index >= 15 is 0 Å². The summed E-state index contributed by atoms with van der Waals surface area (Å²) in [6.07, 6.45) is -0.243. The number of hydrogen-bond donors (Lipinski definition) is 1. The maximum atomic E-state index is 11.4. The average molecular weight is 276 g/mol. The van der Waals surface area contributed by atoms with Crippen molar-refractivity contribution >= 4 is 40.6 Å². The SMILES string of the molecule is COc1ccc(NC(=O)CC(=O)CCl)cc1Cl. The molecule has 4 nitrogen and oxygen atoms in total. The van der Waals surface area contributed by atoms with Gasteiger partial charge in [-0.1, -0.05) is 11.6 Å². The van der Waals surface area contributed by atoms with E-state index in [-0.39, 0.29) is 18.1 Å². The Morgan fingerprint density at radius 1 is 1.41 bits per heavy atom. The number of halogens is 2. The highest BCUT2D eigenvalue weighted by molar-refractivity contribution is 6.32. The van der Waals surface area contributed by atoms with Gasteiger partial charge in [0.25, 0.3) is 0 Å². The first-order valence-electron chi connectivity index (χ1n) is 4.78. The smallest absolute Gasteiger partial charge is 0.231 e. The van der Waals surface area contributed by atoms with Crippen LogP contribution in [-0.4, -0.2) is 24.7 Å². The summed E-state index contributed by atoms with van der Waals surface area (Å²) in [6, 6.07) is 4.80. The van der Waals surface area contributed by atoms with Gasteiger partial charge in [-0.2, -0.15) is 0 Å². The third-order valence-electron chi connectivity index (χ3n) is 1.94. The summed E-state index contributed by atoms with van der Waals surface area (Å²) in [5.74, 6) is -0.404. The first-order valence-corrected chi connectivity index (χ1v) is 5.69. The van der Waals surface area contributed by atoms with Crippen molar-refractivity contribution in [2.24, 2.45) is 0 Å². The molecule has 0 fully saturated rings. The molecule has 17 heavy (non-hydrogen) atoms. The van der Waals surface area contributed by atoms with Crippen molar-refractivity contribution in [3.05, 3.63) is 23.2 Å². The average Bonchev–Trinajstić information content (AvgIpc) is 2.29. The third-order valence-corrected chi connectivity index (χ3v) is 2.54. The molecular weight excluding hydrogens is 265 g/mol. The van der Waals surface area contributed by atoms with E-state index in [1.165, 1.54) is 7.11 Å². The molecule has 1 rings (SSSR count). The highest BCUT2D eigenvalue weighted by atomic mass is 35.5. The second-order valence-electron chi connectivity index (χ2n) is 3.25. The number of amides is 1. The number of ether oxygens (including phenoxy) is 1. The molecule has 0 atom stereocenters. The monoisotopic (exact) mass is 275 g/mol. The molecule has 0 saturated carbocycles. The predicted octanol–water partition coefficient (Wildman–Crippen LogP) is 2.49. The van der Waals surface area contributed by atoms with Crippen LogP contribution in [0.2, 0.25) is 5.02 Å². The van der Waals surface area contributed by atoms with Crippen LogP contribution < -0.4 is 10.1 Å². The molecule has 0 bridgehead atoms. The Bertz CT molecular complexity index is 435. The quantitative estimate of drug-likeness (QED) is 0.664. The van der Waals surface area contributed by atoms with E-state index in [0.29, 0.717) is 16.5 Å². The van der Waals surface area contributed by atoms with E-state index in [1.54, 1.807) is 18.2 Å². The molecule has 1 aromatic carbocycles. The van der Waals surface area contributed by atoms with E-state index < -0.39 is 5.91 Å². The zero-order valence-corrected chi connectivity index (χ0v) is 10.6. The molecule has 1 aromatic rings. The molecule has 0 aromatic heterocycles. The largest absolute Gasteiger partial charge is 0.495 e. The van der Waals surface area contributed by atoms with E-state index in [4.69, 9.17) is 27.9 Å². The Hall–Kier alpha value is -1.26. The third kappa shape index (κ3) is 4.24. The van der Waals surface area contributed by atoms with Gasteiger partial charge in [-0.05, 0) is 18.2 Å². The summed E-state index contributed by atoms with van der Waals surface area (Å²) in [7, 11) is 1.50. The number of hydrogen-bond acceptors (Lipinski definition) is 3. The number of benzene rings is 1. The topological polar surface area (TPSA) is 55.4 Å². The van der Waals surface area contributed by atoms with Crippen molar-refractivity contribution in [3.63, 3.8) is 0 Å². The van der Waals surface area contributed by atoms with Gasteiger partial charge in [0.05, 0.1) is 24.4 Å². The lowest BCUT2D eigenvalue weighted by Crippen LogP contribution is -2.17.